The second kappa shape index (κ2) is 11.7. The van der Waals surface area contributed by atoms with Crippen LogP contribution >= 0.6 is 0 Å². The van der Waals surface area contributed by atoms with Crippen molar-refractivity contribution in [3.8, 4) is 11.5 Å². The van der Waals surface area contributed by atoms with Crippen LogP contribution in [0.1, 0.15) is 16.7 Å². The van der Waals surface area contributed by atoms with Gasteiger partial charge in [0.15, 0.2) is 11.5 Å². The normalized spacial score (nSPS) is 14.5. The Bertz CT molecular complexity index is 835. The zero-order valence-corrected chi connectivity index (χ0v) is 18.7. The van der Waals surface area contributed by atoms with Crippen molar-refractivity contribution in [3.05, 3.63) is 59.2 Å². The third kappa shape index (κ3) is 6.95. The second-order valence-corrected chi connectivity index (χ2v) is 7.81. The number of morpholine rings is 1. The SMILES string of the molecule is COc1cccc(CN(C)CC(=O)NCc2ccc(CN3CCOCC3)cc2)c1OC. The van der Waals surface area contributed by atoms with Crippen LogP contribution in [0.15, 0.2) is 42.5 Å². The van der Waals surface area contributed by atoms with E-state index in [2.05, 4.69) is 34.5 Å². The zero-order valence-electron chi connectivity index (χ0n) is 18.7. The molecule has 2 aromatic carbocycles. The quantitative estimate of drug-likeness (QED) is 0.628. The molecule has 31 heavy (non-hydrogen) atoms. The minimum Gasteiger partial charge on any atom is -0.493 e. The average molecular weight is 428 g/mol. The number of rotatable bonds is 10. The van der Waals surface area contributed by atoms with Gasteiger partial charge in [-0.05, 0) is 24.2 Å². The molecular formula is C24H33N3O4. The molecule has 0 unspecified atom stereocenters. The van der Waals surface area contributed by atoms with E-state index >= 15 is 0 Å². The van der Waals surface area contributed by atoms with Crippen molar-refractivity contribution in [2.24, 2.45) is 0 Å². The van der Waals surface area contributed by atoms with Gasteiger partial charge < -0.3 is 19.5 Å². The molecule has 1 aliphatic heterocycles. The molecule has 0 bridgehead atoms. The molecule has 7 nitrogen and oxygen atoms in total. The highest BCUT2D eigenvalue weighted by Crippen LogP contribution is 2.31. The summed E-state index contributed by atoms with van der Waals surface area (Å²) in [6.45, 7) is 5.92. The molecular weight excluding hydrogens is 394 g/mol. The minimum absolute atomic E-state index is 0.0123. The fourth-order valence-electron chi connectivity index (χ4n) is 3.71. The van der Waals surface area contributed by atoms with Crippen LogP contribution < -0.4 is 14.8 Å². The van der Waals surface area contributed by atoms with Gasteiger partial charge in [0.1, 0.15) is 0 Å². The van der Waals surface area contributed by atoms with Crippen molar-refractivity contribution in [2.45, 2.75) is 19.6 Å². The number of ether oxygens (including phenoxy) is 3. The first-order valence-electron chi connectivity index (χ1n) is 10.6. The molecule has 2 aromatic rings. The van der Waals surface area contributed by atoms with Crippen molar-refractivity contribution in [3.63, 3.8) is 0 Å². The lowest BCUT2D eigenvalue weighted by atomic mass is 10.1. The fraction of sp³-hybridized carbons (Fsp3) is 0.458. The molecule has 0 spiro atoms. The topological polar surface area (TPSA) is 63.3 Å². The van der Waals surface area contributed by atoms with E-state index < -0.39 is 0 Å². The van der Waals surface area contributed by atoms with Gasteiger partial charge in [-0.3, -0.25) is 14.6 Å². The monoisotopic (exact) mass is 427 g/mol. The van der Waals surface area contributed by atoms with Crippen LogP contribution in [0.5, 0.6) is 11.5 Å². The molecule has 1 N–H and O–H groups in total. The second-order valence-electron chi connectivity index (χ2n) is 7.81. The van der Waals surface area contributed by atoms with Crippen LogP contribution in [0, 0.1) is 0 Å². The van der Waals surface area contributed by atoms with E-state index in [1.807, 2.05) is 30.1 Å². The van der Waals surface area contributed by atoms with Crippen molar-refractivity contribution >= 4 is 5.91 Å². The number of carbonyl (C=O) groups is 1. The highest BCUT2D eigenvalue weighted by molar-refractivity contribution is 5.78. The number of benzene rings is 2. The predicted molar refractivity (Wildman–Crippen MR) is 120 cm³/mol. The van der Waals surface area contributed by atoms with Gasteiger partial charge in [-0.25, -0.2) is 0 Å². The van der Waals surface area contributed by atoms with E-state index in [0.717, 1.165) is 44.0 Å². The number of hydrogen-bond donors (Lipinski definition) is 1. The Hall–Kier alpha value is -2.61. The molecule has 1 fully saturated rings. The van der Waals surface area contributed by atoms with Crippen molar-refractivity contribution < 1.29 is 19.0 Å². The van der Waals surface area contributed by atoms with Crippen LogP contribution in [0.25, 0.3) is 0 Å². The van der Waals surface area contributed by atoms with Gasteiger partial charge in [0, 0.05) is 38.3 Å². The summed E-state index contributed by atoms with van der Waals surface area (Å²) in [6, 6.07) is 14.2. The van der Waals surface area contributed by atoms with E-state index in [-0.39, 0.29) is 5.91 Å². The molecule has 0 aliphatic carbocycles. The van der Waals surface area contributed by atoms with Crippen molar-refractivity contribution in [1.82, 2.24) is 15.1 Å². The number of methoxy groups -OCH3 is 2. The van der Waals surface area contributed by atoms with Gasteiger partial charge in [-0.1, -0.05) is 36.4 Å². The molecule has 168 valence electrons. The van der Waals surface area contributed by atoms with Gasteiger partial charge in [0.2, 0.25) is 5.91 Å². The Kier molecular flexibility index (Phi) is 8.70. The van der Waals surface area contributed by atoms with Gasteiger partial charge >= 0.3 is 0 Å². The third-order valence-electron chi connectivity index (χ3n) is 5.36. The van der Waals surface area contributed by atoms with Crippen LogP contribution in [0.2, 0.25) is 0 Å². The Morgan fingerprint density at radius 3 is 2.45 bits per heavy atom. The highest BCUT2D eigenvalue weighted by Gasteiger charge is 2.14. The number of hydrogen-bond acceptors (Lipinski definition) is 6. The summed E-state index contributed by atoms with van der Waals surface area (Å²) in [4.78, 5) is 16.7. The molecule has 1 amide bonds. The molecule has 1 aliphatic rings. The average Bonchev–Trinajstić information content (AvgIpc) is 2.79. The summed E-state index contributed by atoms with van der Waals surface area (Å²) in [5.41, 5.74) is 3.35. The van der Waals surface area contributed by atoms with E-state index in [9.17, 15) is 4.79 Å². The Balaban J connectivity index is 1.44. The smallest absolute Gasteiger partial charge is 0.234 e. The molecule has 3 rings (SSSR count). The number of para-hydroxylation sites is 1. The Morgan fingerprint density at radius 1 is 1.06 bits per heavy atom. The molecule has 7 heteroatoms. The lowest BCUT2D eigenvalue weighted by molar-refractivity contribution is -0.122. The first-order valence-corrected chi connectivity index (χ1v) is 10.6. The Morgan fingerprint density at radius 2 is 1.77 bits per heavy atom. The van der Waals surface area contributed by atoms with E-state index in [1.54, 1.807) is 14.2 Å². The van der Waals surface area contributed by atoms with E-state index in [1.165, 1.54) is 5.56 Å². The predicted octanol–water partition coefficient (Wildman–Crippen LogP) is 2.28. The van der Waals surface area contributed by atoms with Gasteiger partial charge in [-0.15, -0.1) is 0 Å². The summed E-state index contributed by atoms with van der Waals surface area (Å²) >= 11 is 0. The summed E-state index contributed by atoms with van der Waals surface area (Å²) in [5.74, 6) is 1.38. The van der Waals surface area contributed by atoms with Gasteiger partial charge in [0.05, 0.1) is 34.0 Å². The molecule has 1 saturated heterocycles. The fourth-order valence-corrected chi connectivity index (χ4v) is 3.71. The van der Waals surface area contributed by atoms with Crippen LogP contribution in [-0.4, -0.2) is 69.8 Å². The van der Waals surface area contributed by atoms with E-state index in [0.29, 0.717) is 31.1 Å². The molecule has 0 radical (unpaired) electrons. The maximum Gasteiger partial charge on any atom is 0.234 e. The number of carbonyl (C=O) groups excluding carboxylic acids is 1. The Labute approximate surface area is 184 Å². The number of nitrogens with one attached hydrogen (secondary N) is 1. The summed E-state index contributed by atoms with van der Waals surface area (Å²) in [6.07, 6.45) is 0. The van der Waals surface area contributed by atoms with Gasteiger partial charge in [0.25, 0.3) is 0 Å². The van der Waals surface area contributed by atoms with Crippen LogP contribution in [-0.2, 0) is 29.2 Å². The molecule has 0 saturated carbocycles. The van der Waals surface area contributed by atoms with Gasteiger partial charge in [-0.2, -0.15) is 0 Å². The molecule has 0 atom stereocenters. The summed E-state index contributed by atoms with van der Waals surface area (Å²) in [5, 5.41) is 3.00. The molecule has 1 heterocycles. The number of amides is 1. The lowest BCUT2D eigenvalue weighted by Crippen LogP contribution is -2.35. The summed E-state index contributed by atoms with van der Waals surface area (Å²) in [7, 11) is 5.16. The highest BCUT2D eigenvalue weighted by atomic mass is 16.5. The zero-order chi connectivity index (χ0) is 22.1. The molecule has 0 aromatic heterocycles. The number of nitrogens with zero attached hydrogens (tertiary/aromatic N) is 2. The third-order valence-corrected chi connectivity index (χ3v) is 5.36. The number of likely N-dealkylation sites (N-methyl/N-ethyl adjacent to an activating group) is 1. The first-order chi connectivity index (χ1) is 15.1. The van der Waals surface area contributed by atoms with Crippen LogP contribution in [0.4, 0.5) is 0 Å². The van der Waals surface area contributed by atoms with E-state index in [4.69, 9.17) is 14.2 Å². The maximum atomic E-state index is 12.4. The standard InChI is InChI=1S/C24H33N3O4/c1-26(17-21-5-4-6-22(29-2)24(21)30-3)18-23(28)25-15-19-7-9-20(10-8-19)16-27-11-13-31-14-12-27/h4-10H,11-18H2,1-3H3,(H,25,28). The van der Waals surface area contributed by atoms with Crippen molar-refractivity contribution in [1.29, 1.82) is 0 Å². The van der Waals surface area contributed by atoms with Crippen LogP contribution in [0.3, 0.4) is 0 Å². The lowest BCUT2D eigenvalue weighted by Gasteiger charge is -2.26. The largest absolute Gasteiger partial charge is 0.493 e. The maximum absolute atomic E-state index is 12.4. The van der Waals surface area contributed by atoms with Crippen molar-refractivity contribution in [2.75, 3.05) is 54.1 Å². The summed E-state index contributed by atoms with van der Waals surface area (Å²) < 4.78 is 16.2. The minimum atomic E-state index is -0.0123. The first kappa shape index (κ1) is 23.1.